The number of hydrogen-bond donors (Lipinski definition) is 2. The van der Waals surface area contributed by atoms with Gasteiger partial charge in [0.2, 0.25) is 0 Å². The molecule has 0 aromatic carbocycles. The summed E-state index contributed by atoms with van der Waals surface area (Å²) in [6.07, 6.45) is 0.254. The third-order valence-corrected chi connectivity index (χ3v) is 1.43. The molecule has 1 heterocycles. The van der Waals surface area contributed by atoms with Gasteiger partial charge in [0.1, 0.15) is 0 Å². The van der Waals surface area contributed by atoms with Crippen LogP contribution >= 0.6 is 0 Å². The van der Waals surface area contributed by atoms with Crippen molar-refractivity contribution in [3.8, 4) is 0 Å². The summed E-state index contributed by atoms with van der Waals surface area (Å²) in [6.45, 7) is 3.80. The van der Waals surface area contributed by atoms with Gasteiger partial charge in [-0.2, -0.15) is 0 Å². The van der Waals surface area contributed by atoms with E-state index in [0.717, 1.165) is 13.1 Å². The van der Waals surface area contributed by atoms with E-state index in [2.05, 4.69) is 5.32 Å². The molecular formula is C6H13NO2. The minimum atomic E-state index is 0.00810. The highest BCUT2D eigenvalue weighted by molar-refractivity contribution is 4.70. The first-order chi connectivity index (χ1) is 4.33. The maximum Gasteiger partial charge on any atom is 0.0933 e. The first-order valence-corrected chi connectivity index (χ1v) is 3.30. The van der Waals surface area contributed by atoms with Crippen molar-refractivity contribution >= 4 is 0 Å². The van der Waals surface area contributed by atoms with Gasteiger partial charge in [-0.05, 0) is 6.92 Å². The van der Waals surface area contributed by atoms with Gasteiger partial charge >= 0.3 is 0 Å². The number of hydrogen-bond acceptors (Lipinski definition) is 3. The van der Waals surface area contributed by atoms with Gasteiger partial charge < -0.3 is 15.2 Å². The topological polar surface area (TPSA) is 41.5 Å². The van der Waals surface area contributed by atoms with Crippen molar-refractivity contribution in [3.63, 3.8) is 0 Å². The quantitative estimate of drug-likeness (QED) is 0.497. The second-order valence-corrected chi connectivity index (χ2v) is 2.41. The highest BCUT2D eigenvalue weighted by Gasteiger charge is 2.16. The molecule has 0 radical (unpaired) electrons. The molecule has 1 aliphatic rings. The van der Waals surface area contributed by atoms with Crippen LogP contribution in [0, 0.1) is 0 Å². The maximum absolute atomic E-state index is 8.64. The fourth-order valence-electron chi connectivity index (χ4n) is 0.980. The van der Waals surface area contributed by atoms with E-state index in [1.807, 2.05) is 6.92 Å². The molecule has 1 fully saturated rings. The Morgan fingerprint density at radius 1 is 1.67 bits per heavy atom. The van der Waals surface area contributed by atoms with Crippen molar-refractivity contribution in [2.75, 3.05) is 19.7 Å². The largest absolute Gasteiger partial charge is 0.394 e. The minimum absolute atomic E-state index is 0.00810. The predicted octanol–water partition coefficient (Wildman–Crippen LogP) is -0.644. The minimum Gasteiger partial charge on any atom is -0.394 e. The summed E-state index contributed by atoms with van der Waals surface area (Å²) >= 11 is 0. The van der Waals surface area contributed by atoms with Crippen molar-refractivity contribution in [2.24, 2.45) is 0 Å². The van der Waals surface area contributed by atoms with E-state index in [9.17, 15) is 0 Å². The van der Waals surface area contributed by atoms with Gasteiger partial charge in [0, 0.05) is 13.1 Å². The first kappa shape index (κ1) is 6.99. The van der Waals surface area contributed by atoms with E-state index in [0.29, 0.717) is 0 Å². The number of aliphatic hydroxyl groups excluding tert-OH is 1. The van der Waals surface area contributed by atoms with Crippen LogP contribution in [0.25, 0.3) is 0 Å². The van der Waals surface area contributed by atoms with Crippen LogP contribution in [0.1, 0.15) is 6.92 Å². The predicted molar refractivity (Wildman–Crippen MR) is 34.3 cm³/mol. The summed E-state index contributed by atoms with van der Waals surface area (Å²) in [5, 5.41) is 11.8. The lowest BCUT2D eigenvalue weighted by molar-refractivity contribution is -0.0518. The fourth-order valence-corrected chi connectivity index (χ4v) is 0.980. The number of aliphatic hydroxyl groups is 1. The van der Waals surface area contributed by atoms with Gasteiger partial charge in [-0.15, -0.1) is 0 Å². The van der Waals surface area contributed by atoms with E-state index < -0.39 is 0 Å². The molecule has 9 heavy (non-hydrogen) atoms. The molecule has 0 amide bonds. The number of morpholine rings is 1. The Labute approximate surface area is 55.0 Å². The highest BCUT2D eigenvalue weighted by atomic mass is 16.5. The van der Waals surface area contributed by atoms with E-state index in [1.165, 1.54) is 0 Å². The van der Waals surface area contributed by atoms with Crippen molar-refractivity contribution in [1.29, 1.82) is 0 Å². The summed E-state index contributed by atoms with van der Waals surface area (Å²) in [5.41, 5.74) is 0. The van der Waals surface area contributed by atoms with Crippen molar-refractivity contribution in [1.82, 2.24) is 5.32 Å². The fraction of sp³-hybridized carbons (Fsp3) is 1.00. The second kappa shape index (κ2) is 3.15. The molecule has 0 bridgehead atoms. The van der Waals surface area contributed by atoms with Gasteiger partial charge in [-0.1, -0.05) is 0 Å². The van der Waals surface area contributed by atoms with Crippen molar-refractivity contribution < 1.29 is 9.84 Å². The first-order valence-electron chi connectivity index (χ1n) is 3.30. The van der Waals surface area contributed by atoms with Crippen LogP contribution in [0.2, 0.25) is 0 Å². The summed E-state index contributed by atoms with van der Waals surface area (Å²) in [7, 11) is 0. The lowest BCUT2D eigenvalue weighted by atomic mass is 10.3. The molecule has 0 unspecified atom stereocenters. The number of rotatable bonds is 1. The Kier molecular flexibility index (Phi) is 2.45. The molecular weight excluding hydrogens is 118 g/mol. The Morgan fingerprint density at radius 2 is 2.44 bits per heavy atom. The van der Waals surface area contributed by atoms with Crippen molar-refractivity contribution in [2.45, 2.75) is 19.1 Å². The molecule has 3 nitrogen and oxygen atoms in total. The number of nitrogens with one attached hydrogen (secondary N) is 1. The third kappa shape index (κ3) is 1.93. The van der Waals surface area contributed by atoms with Crippen LogP contribution in [0.15, 0.2) is 0 Å². The molecule has 54 valence electrons. The standard InChI is InChI=1S/C6H13NO2/c1-5-2-7-3-6(4-8)9-5/h5-8H,2-4H2,1H3/t5-,6+/m1/s1. The van der Waals surface area contributed by atoms with Crippen LogP contribution in [-0.2, 0) is 4.74 Å². The Hall–Kier alpha value is -0.120. The summed E-state index contributed by atoms with van der Waals surface area (Å²) in [5.74, 6) is 0. The van der Waals surface area contributed by atoms with Gasteiger partial charge in [0.25, 0.3) is 0 Å². The van der Waals surface area contributed by atoms with E-state index in [1.54, 1.807) is 0 Å². The maximum atomic E-state index is 8.64. The van der Waals surface area contributed by atoms with Crippen LogP contribution in [-0.4, -0.2) is 37.0 Å². The Balaban J connectivity index is 2.23. The van der Waals surface area contributed by atoms with Gasteiger partial charge in [-0.3, -0.25) is 0 Å². The molecule has 3 heteroatoms. The Morgan fingerprint density at radius 3 is 2.89 bits per heavy atom. The van der Waals surface area contributed by atoms with Gasteiger partial charge in [-0.25, -0.2) is 0 Å². The summed E-state index contributed by atoms with van der Waals surface area (Å²) in [6, 6.07) is 0. The second-order valence-electron chi connectivity index (χ2n) is 2.41. The average molecular weight is 131 g/mol. The monoisotopic (exact) mass is 131 g/mol. The zero-order valence-electron chi connectivity index (χ0n) is 5.63. The van der Waals surface area contributed by atoms with Crippen LogP contribution in [0.5, 0.6) is 0 Å². The normalized spacial score (nSPS) is 36.7. The molecule has 0 aromatic rings. The third-order valence-electron chi connectivity index (χ3n) is 1.43. The lowest BCUT2D eigenvalue weighted by Gasteiger charge is -2.27. The summed E-state index contributed by atoms with van der Waals surface area (Å²) < 4.78 is 5.32. The zero-order valence-corrected chi connectivity index (χ0v) is 5.63. The summed E-state index contributed by atoms with van der Waals surface area (Å²) in [4.78, 5) is 0. The van der Waals surface area contributed by atoms with E-state index >= 15 is 0 Å². The van der Waals surface area contributed by atoms with Crippen LogP contribution in [0.3, 0.4) is 0 Å². The van der Waals surface area contributed by atoms with Crippen molar-refractivity contribution in [3.05, 3.63) is 0 Å². The van der Waals surface area contributed by atoms with E-state index in [-0.39, 0.29) is 18.8 Å². The highest BCUT2D eigenvalue weighted by Crippen LogP contribution is 2.00. The van der Waals surface area contributed by atoms with Crippen LogP contribution in [0.4, 0.5) is 0 Å². The molecule has 2 N–H and O–H groups in total. The molecule has 0 aromatic heterocycles. The lowest BCUT2D eigenvalue weighted by Crippen LogP contribution is -2.44. The SMILES string of the molecule is C[C@@H]1CNC[C@@H](CO)O1. The zero-order chi connectivity index (χ0) is 6.69. The smallest absolute Gasteiger partial charge is 0.0933 e. The molecule has 1 rings (SSSR count). The van der Waals surface area contributed by atoms with Gasteiger partial charge in [0.05, 0.1) is 18.8 Å². The van der Waals surface area contributed by atoms with E-state index in [4.69, 9.17) is 9.84 Å². The molecule has 1 aliphatic heterocycles. The molecule has 1 saturated heterocycles. The number of ether oxygens (including phenoxy) is 1. The van der Waals surface area contributed by atoms with Gasteiger partial charge in [0.15, 0.2) is 0 Å². The van der Waals surface area contributed by atoms with Crippen LogP contribution < -0.4 is 5.32 Å². The average Bonchev–Trinajstić information content (AvgIpc) is 1.88. The molecule has 2 atom stereocenters. The molecule has 0 aliphatic carbocycles. The Bertz CT molecular complexity index is 87.1. The molecule has 0 spiro atoms. The molecule has 0 saturated carbocycles.